The number of esters is 1. The highest BCUT2D eigenvalue weighted by Gasteiger charge is 2.32. The smallest absolute Gasteiger partial charge is 0.308 e. The lowest BCUT2D eigenvalue weighted by molar-refractivity contribution is -0.146. The molecule has 2 unspecified atom stereocenters. The van der Waals surface area contributed by atoms with Gasteiger partial charge in [-0.3, -0.25) is 4.79 Å². The van der Waals surface area contributed by atoms with Gasteiger partial charge < -0.3 is 15.4 Å². The van der Waals surface area contributed by atoms with Crippen molar-refractivity contribution in [3.8, 4) is 0 Å². The van der Waals surface area contributed by atoms with E-state index in [0.29, 0.717) is 11.7 Å². The van der Waals surface area contributed by atoms with Crippen molar-refractivity contribution in [3.63, 3.8) is 0 Å². The molecule has 0 amide bonds. The molecule has 2 aromatic heterocycles. The first-order chi connectivity index (χ1) is 14.6. The molecule has 0 bridgehead atoms. The Balaban J connectivity index is 1.52. The van der Waals surface area contributed by atoms with Crippen LogP contribution in [0, 0.1) is 11.8 Å². The van der Waals surface area contributed by atoms with Crippen LogP contribution in [-0.2, 0) is 9.53 Å². The predicted molar refractivity (Wildman–Crippen MR) is 113 cm³/mol. The largest absolute Gasteiger partial charge is 0.469 e. The molecule has 2 N–H and O–H groups in total. The van der Waals surface area contributed by atoms with E-state index in [0.717, 1.165) is 48.3 Å². The molecule has 30 heavy (non-hydrogen) atoms. The zero-order valence-corrected chi connectivity index (χ0v) is 17.2. The number of hydrogen-bond acceptors (Lipinski definition) is 7. The van der Waals surface area contributed by atoms with Crippen molar-refractivity contribution in [2.45, 2.75) is 37.6 Å². The van der Waals surface area contributed by atoms with E-state index in [2.05, 4.69) is 52.5 Å². The van der Waals surface area contributed by atoms with Crippen LogP contribution in [0.3, 0.4) is 0 Å². The number of rotatable bonds is 3. The minimum atomic E-state index is -0.116. The lowest BCUT2D eigenvalue weighted by atomic mass is 9.81. The Bertz CT molecular complexity index is 1080. The van der Waals surface area contributed by atoms with Crippen LogP contribution in [0.15, 0.2) is 36.8 Å². The van der Waals surface area contributed by atoms with E-state index >= 15 is 0 Å². The summed E-state index contributed by atoms with van der Waals surface area (Å²) in [7, 11) is 3.54. The SMILES string of the molecule is COC(=O)C1CCC(c2nc(C3=CC4C(C=C3)C=CN4C)c3c(N)ncnn23)CC1. The maximum absolute atomic E-state index is 11.9. The molecule has 5 rings (SSSR count). The first-order valence-corrected chi connectivity index (χ1v) is 10.4. The van der Waals surface area contributed by atoms with Gasteiger partial charge in [0, 0.05) is 24.5 Å². The van der Waals surface area contributed by atoms with Crippen LogP contribution in [0.5, 0.6) is 0 Å². The molecule has 1 fully saturated rings. The number of hydrogen-bond donors (Lipinski definition) is 1. The summed E-state index contributed by atoms with van der Waals surface area (Å²) in [5.74, 6) is 1.79. The fraction of sp³-hybridized carbons (Fsp3) is 0.455. The molecule has 0 radical (unpaired) electrons. The summed E-state index contributed by atoms with van der Waals surface area (Å²) in [4.78, 5) is 23.4. The van der Waals surface area contributed by atoms with Gasteiger partial charge >= 0.3 is 5.97 Å². The van der Waals surface area contributed by atoms with E-state index in [1.165, 1.54) is 13.4 Å². The number of nitrogens with zero attached hydrogens (tertiary/aromatic N) is 5. The van der Waals surface area contributed by atoms with Gasteiger partial charge in [0.1, 0.15) is 23.4 Å². The second kappa shape index (κ2) is 7.27. The van der Waals surface area contributed by atoms with Crippen molar-refractivity contribution in [1.29, 1.82) is 0 Å². The summed E-state index contributed by atoms with van der Waals surface area (Å²) < 4.78 is 6.77. The highest BCUT2D eigenvalue weighted by Crippen LogP contribution is 2.39. The van der Waals surface area contributed by atoms with Gasteiger partial charge in [-0.15, -0.1) is 0 Å². The number of methoxy groups -OCH3 is 1. The van der Waals surface area contributed by atoms with Gasteiger partial charge in [0.15, 0.2) is 5.82 Å². The number of nitrogen functional groups attached to an aromatic ring is 1. The molecule has 0 saturated heterocycles. The van der Waals surface area contributed by atoms with Crippen molar-refractivity contribution >= 4 is 22.9 Å². The molecular weight excluding hydrogens is 380 g/mol. The molecular formula is C22H26N6O2. The van der Waals surface area contributed by atoms with Crippen molar-refractivity contribution in [2.24, 2.45) is 11.8 Å². The highest BCUT2D eigenvalue weighted by molar-refractivity contribution is 5.87. The quantitative estimate of drug-likeness (QED) is 0.782. The van der Waals surface area contributed by atoms with Crippen LogP contribution in [0.25, 0.3) is 11.1 Å². The minimum Gasteiger partial charge on any atom is -0.469 e. The number of aromatic nitrogens is 4. The Kier molecular flexibility index (Phi) is 4.56. The van der Waals surface area contributed by atoms with Crippen molar-refractivity contribution in [2.75, 3.05) is 19.9 Å². The zero-order chi connectivity index (χ0) is 20.8. The van der Waals surface area contributed by atoms with E-state index in [4.69, 9.17) is 15.5 Å². The van der Waals surface area contributed by atoms with Gasteiger partial charge in [-0.25, -0.2) is 14.5 Å². The normalized spacial score (nSPS) is 27.9. The van der Waals surface area contributed by atoms with Crippen LogP contribution in [0.4, 0.5) is 5.82 Å². The number of anilines is 1. The summed E-state index contributed by atoms with van der Waals surface area (Å²) in [6.45, 7) is 0. The molecule has 2 atom stereocenters. The summed E-state index contributed by atoms with van der Waals surface area (Å²) >= 11 is 0. The van der Waals surface area contributed by atoms with Gasteiger partial charge in [0.2, 0.25) is 0 Å². The van der Waals surface area contributed by atoms with E-state index < -0.39 is 0 Å². The highest BCUT2D eigenvalue weighted by atomic mass is 16.5. The standard InChI is InChI=1S/C22H26N6O2/c1-27-10-9-13-3-8-16(11-17(13)27)18-19-20(23)24-12-25-28(19)21(26-18)14-4-6-15(7-5-14)22(29)30-2/h3,8-15,17H,4-7H2,1-2H3,(H2,23,24,25). The van der Waals surface area contributed by atoms with E-state index in [-0.39, 0.29) is 23.8 Å². The van der Waals surface area contributed by atoms with E-state index in [1.54, 1.807) is 0 Å². The molecule has 1 aliphatic heterocycles. The number of nitrogens with two attached hydrogens (primary N) is 1. The predicted octanol–water partition coefficient (Wildman–Crippen LogP) is 2.55. The molecule has 0 aromatic carbocycles. The van der Waals surface area contributed by atoms with Crippen LogP contribution < -0.4 is 5.73 Å². The average Bonchev–Trinajstić information content (AvgIpc) is 3.35. The Morgan fingerprint density at radius 2 is 2.03 bits per heavy atom. The van der Waals surface area contributed by atoms with Crippen molar-refractivity contribution in [3.05, 3.63) is 48.3 Å². The maximum Gasteiger partial charge on any atom is 0.308 e. The molecule has 8 heteroatoms. The summed E-state index contributed by atoms with van der Waals surface area (Å²) in [5, 5.41) is 4.48. The van der Waals surface area contributed by atoms with Crippen molar-refractivity contribution in [1.82, 2.24) is 24.5 Å². The Hall–Kier alpha value is -3.16. The second-order valence-electron chi connectivity index (χ2n) is 8.35. The van der Waals surface area contributed by atoms with Gasteiger partial charge in [0.05, 0.1) is 19.1 Å². The molecule has 1 saturated carbocycles. The number of imidazole rings is 1. The number of allylic oxidation sites excluding steroid dienone is 2. The molecule has 0 spiro atoms. The third-order valence-electron chi connectivity index (χ3n) is 6.64. The van der Waals surface area contributed by atoms with Gasteiger partial charge in [-0.2, -0.15) is 5.10 Å². The third-order valence-corrected chi connectivity index (χ3v) is 6.64. The number of fused-ring (bicyclic) bond motifs is 2. The van der Waals surface area contributed by atoms with Crippen molar-refractivity contribution < 1.29 is 9.53 Å². The second-order valence-corrected chi connectivity index (χ2v) is 8.35. The van der Waals surface area contributed by atoms with E-state index in [9.17, 15) is 4.79 Å². The molecule has 3 heterocycles. The Labute approximate surface area is 175 Å². The fourth-order valence-electron chi connectivity index (χ4n) is 4.94. The van der Waals surface area contributed by atoms with Gasteiger partial charge in [-0.1, -0.05) is 24.3 Å². The van der Waals surface area contributed by atoms with Gasteiger partial charge in [-0.05, 0) is 31.9 Å². The molecule has 8 nitrogen and oxygen atoms in total. The minimum absolute atomic E-state index is 0.0250. The first-order valence-electron chi connectivity index (χ1n) is 10.4. The first kappa shape index (κ1) is 18.8. The Morgan fingerprint density at radius 1 is 1.23 bits per heavy atom. The molecule has 2 aliphatic carbocycles. The topological polar surface area (TPSA) is 98.6 Å². The number of carbonyl (C=O) groups excluding carboxylic acids is 1. The van der Waals surface area contributed by atoms with Crippen LogP contribution in [-0.4, -0.2) is 50.7 Å². The summed E-state index contributed by atoms with van der Waals surface area (Å²) in [6.07, 6.45) is 15.7. The lowest BCUT2D eigenvalue weighted by Gasteiger charge is -2.26. The molecule has 156 valence electrons. The molecule has 2 aromatic rings. The Morgan fingerprint density at radius 3 is 2.80 bits per heavy atom. The van der Waals surface area contributed by atoms with Crippen LogP contribution >= 0.6 is 0 Å². The van der Waals surface area contributed by atoms with E-state index in [1.807, 2.05) is 4.52 Å². The lowest BCUT2D eigenvalue weighted by Crippen LogP contribution is -2.27. The summed E-state index contributed by atoms with van der Waals surface area (Å²) in [6, 6.07) is 0.284. The monoisotopic (exact) mass is 406 g/mol. The van der Waals surface area contributed by atoms with Crippen LogP contribution in [0.1, 0.15) is 43.1 Å². The zero-order valence-electron chi connectivity index (χ0n) is 17.2. The molecule has 3 aliphatic rings. The summed E-state index contributed by atoms with van der Waals surface area (Å²) in [5.41, 5.74) is 8.90. The number of likely N-dealkylation sites (N-methyl/N-ethyl adjacent to an activating group) is 1. The number of ether oxygens (including phenoxy) is 1. The maximum atomic E-state index is 11.9. The number of carbonyl (C=O) groups is 1. The average molecular weight is 406 g/mol. The van der Waals surface area contributed by atoms with Gasteiger partial charge in [0.25, 0.3) is 0 Å². The fourth-order valence-corrected chi connectivity index (χ4v) is 4.94. The third kappa shape index (κ3) is 2.98. The van der Waals surface area contributed by atoms with Crippen LogP contribution in [0.2, 0.25) is 0 Å².